The predicted octanol–water partition coefficient (Wildman–Crippen LogP) is 3.44. The van der Waals surface area contributed by atoms with Crippen LogP contribution in [0.1, 0.15) is 12.5 Å². The summed E-state index contributed by atoms with van der Waals surface area (Å²) in [4.78, 5) is 0.240. The number of nitrogens with zero attached hydrogens (tertiary/aromatic N) is 2. The summed E-state index contributed by atoms with van der Waals surface area (Å²) in [6, 6.07) is 12.1. The lowest BCUT2D eigenvalue weighted by atomic mass is 10.1. The molecular formula is C15H13IN2O2S. The SMILES string of the molecule is CCc1ccc2c(cnn2S(=O)(=O)c2ccccc2)c1I. The first-order chi connectivity index (χ1) is 10.1. The Bertz CT molecular complexity index is 902. The summed E-state index contributed by atoms with van der Waals surface area (Å²) in [5, 5.41) is 4.97. The van der Waals surface area contributed by atoms with Gasteiger partial charge < -0.3 is 0 Å². The fourth-order valence-electron chi connectivity index (χ4n) is 2.25. The number of hydrogen-bond acceptors (Lipinski definition) is 3. The standard InChI is InChI=1S/C15H13IN2O2S/c1-2-11-8-9-14-13(15(11)16)10-17-18(14)21(19,20)12-6-4-3-5-7-12/h3-10H,2H2,1H3. The van der Waals surface area contributed by atoms with Gasteiger partial charge in [-0.15, -0.1) is 0 Å². The van der Waals surface area contributed by atoms with Crippen molar-refractivity contribution in [2.24, 2.45) is 0 Å². The number of aryl methyl sites for hydroxylation is 1. The van der Waals surface area contributed by atoms with Crippen LogP contribution >= 0.6 is 22.6 Å². The zero-order valence-electron chi connectivity index (χ0n) is 11.3. The van der Waals surface area contributed by atoms with E-state index in [4.69, 9.17) is 0 Å². The van der Waals surface area contributed by atoms with Crippen LogP contribution in [-0.2, 0) is 16.4 Å². The van der Waals surface area contributed by atoms with E-state index in [1.807, 2.05) is 12.1 Å². The van der Waals surface area contributed by atoms with Gasteiger partial charge in [0.15, 0.2) is 0 Å². The van der Waals surface area contributed by atoms with E-state index in [-0.39, 0.29) is 4.90 Å². The van der Waals surface area contributed by atoms with Crippen LogP contribution in [0.3, 0.4) is 0 Å². The van der Waals surface area contributed by atoms with Crippen molar-refractivity contribution in [3.8, 4) is 0 Å². The molecule has 0 bridgehead atoms. The van der Waals surface area contributed by atoms with Crippen LogP contribution in [0.15, 0.2) is 53.6 Å². The Morgan fingerprint density at radius 1 is 1.14 bits per heavy atom. The fraction of sp³-hybridized carbons (Fsp3) is 0.133. The monoisotopic (exact) mass is 412 g/mol. The Kier molecular flexibility index (Phi) is 3.75. The number of hydrogen-bond donors (Lipinski definition) is 0. The minimum Gasteiger partial charge on any atom is -0.199 e. The molecule has 0 saturated heterocycles. The molecule has 0 N–H and O–H groups in total. The third kappa shape index (κ3) is 2.36. The summed E-state index contributed by atoms with van der Waals surface area (Å²) >= 11 is 2.25. The molecule has 0 aliphatic heterocycles. The van der Waals surface area contributed by atoms with E-state index < -0.39 is 10.0 Å². The van der Waals surface area contributed by atoms with Gasteiger partial charge in [-0.25, -0.2) is 0 Å². The van der Waals surface area contributed by atoms with E-state index in [1.165, 1.54) is 5.56 Å². The highest BCUT2D eigenvalue weighted by atomic mass is 127. The van der Waals surface area contributed by atoms with Gasteiger partial charge >= 0.3 is 0 Å². The number of rotatable bonds is 3. The fourth-order valence-corrected chi connectivity index (χ4v) is 4.51. The minimum absolute atomic E-state index is 0.240. The van der Waals surface area contributed by atoms with E-state index in [0.29, 0.717) is 5.52 Å². The Morgan fingerprint density at radius 3 is 2.52 bits per heavy atom. The molecule has 2 aromatic carbocycles. The van der Waals surface area contributed by atoms with Crippen LogP contribution in [0.25, 0.3) is 10.9 Å². The Hall–Kier alpha value is -1.41. The number of aromatic nitrogens is 2. The molecule has 108 valence electrons. The molecule has 0 unspecified atom stereocenters. The number of halogens is 1. The first kappa shape index (κ1) is 14.5. The topological polar surface area (TPSA) is 52.0 Å². The Labute approximate surface area is 137 Å². The molecule has 4 nitrogen and oxygen atoms in total. The lowest BCUT2D eigenvalue weighted by Gasteiger charge is -2.07. The summed E-state index contributed by atoms with van der Waals surface area (Å²) in [5.41, 5.74) is 1.81. The molecule has 3 rings (SSSR count). The molecule has 0 aliphatic rings. The molecular weight excluding hydrogens is 399 g/mol. The summed E-state index contributed by atoms with van der Waals surface area (Å²) in [6.45, 7) is 2.08. The maximum atomic E-state index is 12.7. The summed E-state index contributed by atoms with van der Waals surface area (Å²) in [6.07, 6.45) is 2.53. The molecule has 0 spiro atoms. The van der Waals surface area contributed by atoms with Crippen LogP contribution in [0, 0.1) is 3.57 Å². The lowest BCUT2D eigenvalue weighted by Crippen LogP contribution is -2.14. The van der Waals surface area contributed by atoms with Crippen molar-refractivity contribution in [2.45, 2.75) is 18.2 Å². The second kappa shape index (κ2) is 5.42. The molecule has 21 heavy (non-hydrogen) atoms. The van der Waals surface area contributed by atoms with Gasteiger partial charge in [0.25, 0.3) is 10.0 Å². The number of fused-ring (bicyclic) bond motifs is 1. The molecule has 3 aromatic rings. The van der Waals surface area contributed by atoms with Gasteiger partial charge in [-0.1, -0.05) is 31.2 Å². The van der Waals surface area contributed by atoms with Crippen molar-refractivity contribution in [1.82, 2.24) is 9.19 Å². The van der Waals surface area contributed by atoms with Crippen molar-refractivity contribution in [3.05, 3.63) is 57.8 Å². The van der Waals surface area contributed by atoms with Crippen molar-refractivity contribution >= 4 is 43.5 Å². The van der Waals surface area contributed by atoms with Gasteiger partial charge in [0, 0.05) is 8.96 Å². The largest absolute Gasteiger partial charge is 0.283 e. The van der Waals surface area contributed by atoms with Crippen molar-refractivity contribution in [1.29, 1.82) is 0 Å². The van der Waals surface area contributed by atoms with Gasteiger partial charge in [0.05, 0.1) is 16.6 Å². The van der Waals surface area contributed by atoms with Gasteiger partial charge in [-0.05, 0) is 52.8 Å². The van der Waals surface area contributed by atoms with Crippen LogP contribution in [0.2, 0.25) is 0 Å². The van der Waals surface area contributed by atoms with Gasteiger partial charge in [-0.3, -0.25) is 0 Å². The van der Waals surface area contributed by atoms with Gasteiger partial charge in [0.1, 0.15) is 0 Å². The first-order valence-electron chi connectivity index (χ1n) is 6.51. The second-order valence-electron chi connectivity index (χ2n) is 4.63. The first-order valence-corrected chi connectivity index (χ1v) is 9.03. The third-order valence-corrected chi connectivity index (χ3v) is 6.27. The van der Waals surface area contributed by atoms with Gasteiger partial charge in [-0.2, -0.15) is 17.6 Å². The van der Waals surface area contributed by atoms with Crippen LogP contribution in [0.4, 0.5) is 0 Å². The molecule has 0 atom stereocenters. The molecule has 0 radical (unpaired) electrons. The van der Waals surface area contributed by atoms with E-state index in [1.54, 1.807) is 36.5 Å². The highest BCUT2D eigenvalue weighted by molar-refractivity contribution is 14.1. The molecule has 0 fully saturated rings. The smallest absolute Gasteiger partial charge is 0.199 e. The Morgan fingerprint density at radius 2 is 1.86 bits per heavy atom. The van der Waals surface area contributed by atoms with E-state index >= 15 is 0 Å². The molecule has 0 aliphatic carbocycles. The predicted molar refractivity (Wildman–Crippen MR) is 90.9 cm³/mol. The number of benzene rings is 2. The zero-order valence-corrected chi connectivity index (χ0v) is 14.3. The summed E-state index contributed by atoms with van der Waals surface area (Å²) < 4.78 is 27.5. The van der Waals surface area contributed by atoms with Crippen molar-refractivity contribution in [3.63, 3.8) is 0 Å². The van der Waals surface area contributed by atoms with E-state index in [0.717, 1.165) is 19.5 Å². The van der Waals surface area contributed by atoms with Crippen molar-refractivity contribution < 1.29 is 8.42 Å². The molecule has 0 amide bonds. The highest BCUT2D eigenvalue weighted by Crippen LogP contribution is 2.26. The van der Waals surface area contributed by atoms with Crippen LogP contribution in [0.5, 0.6) is 0 Å². The quantitative estimate of drug-likeness (QED) is 0.620. The van der Waals surface area contributed by atoms with E-state index in [2.05, 4.69) is 34.6 Å². The van der Waals surface area contributed by atoms with Crippen molar-refractivity contribution in [2.75, 3.05) is 0 Å². The normalized spacial score (nSPS) is 11.9. The highest BCUT2D eigenvalue weighted by Gasteiger charge is 2.21. The molecule has 0 saturated carbocycles. The minimum atomic E-state index is -3.66. The van der Waals surface area contributed by atoms with Crippen LogP contribution < -0.4 is 0 Å². The zero-order chi connectivity index (χ0) is 15.0. The molecule has 6 heteroatoms. The maximum absolute atomic E-state index is 12.7. The molecule has 1 aromatic heterocycles. The molecule has 1 heterocycles. The summed E-state index contributed by atoms with van der Waals surface area (Å²) in [5.74, 6) is 0. The third-order valence-electron chi connectivity index (χ3n) is 3.38. The maximum Gasteiger partial charge on any atom is 0.283 e. The van der Waals surface area contributed by atoms with Gasteiger partial charge in [0.2, 0.25) is 0 Å². The lowest BCUT2D eigenvalue weighted by molar-refractivity contribution is 0.582. The van der Waals surface area contributed by atoms with Crippen LogP contribution in [-0.4, -0.2) is 17.6 Å². The second-order valence-corrected chi connectivity index (χ2v) is 7.48. The Balaban J connectivity index is 2.25. The average molecular weight is 412 g/mol. The average Bonchev–Trinajstić information content (AvgIpc) is 2.94. The summed E-state index contributed by atoms with van der Waals surface area (Å²) in [7, 11) is -3.66. The van der Waals surface area contributed by atoms with E-state index in [9.17, 15) is 8.42 Å².